The van der Waals surface area contributed by atoms with Crippen LogP contribution in [-0.4, -0.2) is 15.9 Å². The van der Waals surface area contributed by atoms with Crippen molar-refractivity contribution in [2.45, 2.75) is 0 Å². The standard InChI is InChI=1S/C11H9ClN4O/c12-9-5-2-1-4-8(9)10(17)15-16-11-13-6-3-7-14-11/h1-7H,(H,15,17)(H,13,14,16). The molecule has 0 spiro atoms. The lowest BCUT2D eigenvalue weighted by Gasteiger charge is -2.07. The molecule has 2 rings (SSSR count). The van der Waals surface area contributed by atoms with Crippen molar-refractivity contribution >= 4 is 23.5 Å². The van der Waals surface area contributed by atoms with E-state index in [0.29, 0.717) is 16.5 Å². The van der Waals surface area contributed by atoms with Gasteiger partial charge in [0, 0.05) is 12.4 Å². The van der Waals surface area contributed by atoms with E-state index in [0.717, 1.165) is 0 Å². The Morgan fingerprint density at radius 3 is 2.53 bits per heavy atom. The molecule has 0 saturated carbocycles. The molecular weight excluding hydrogens is 240 g/mol. The van der Waals surface area contributed by atoms with E-state index in [1.807, 2.05) is 0 Å². The van der Waals surface area contributed by atoms with Gasteiger partial charge in [0.1, 0.15) is 0 Å². The zero-order valence-corrected chi connectivity index (χ0v) is 9.48. The highest BCUT2D eigenvalue weighted by atomic mass is 35.5. The molecule has 1 aromatic heterocycles. The lowest BCUT2D eigenvalue weighted by Crippen LogP contribution is -2.30. The van der Waals surface area contributed by atoms with Crippen LogP contribution in [0.1, 0.15) is 10.4 Å². The van der Waals surface area contributed by atoms with Gasteiger partial charge in [-0.2, -0.15) is 0 Å². The summed E-state index contributed by atoms with van der Waals surface area (Å²) in [5.41, 5.74) is 5.43. The van der Waals surface area contributed by atoms with Gasteiger partial charge in [-0.15, -0.1) is 0 Å². The van der Waals surface area contributed by atoms with Crippen LogP contribution in [0.5, 0.6) is 0 Å². The molecule has 17 heavy (non-hydrogen) atoms. The van der Waals surface area contributed by atoms with Crippen molar-refractivity contribution in [2.75, 3.05) is 5.43 Å². The van der Waals surface area contributed by atoms with Crippen molar-refractivity contribution in [1.29, 1.82) is 0 Å². The summed E-state index contributed by atoms with van der Waals surface area (Å²) in [5, 5.41) is 0.390. The van der Waals surface area contributed by atoms with Crippen LogP contribution in [0.3, 0.4) is 0 Å². The number of halogens is 1. The lowest BCUT2D eigenvalue weighted by molar-refractivity contribution is 0.0962. The Morgan fingerprint density at radius 2 is 1.82 bits per heavy atom. The molecule has 0 aliphatic heterocycles. The number of nitrogens with zero attached hydrogens (tertiary/aromatic N) is 2. The van der Waals surface area contributed by atoms with Gasteiger partial charge in [0.25, 0.3) is 5.91 Å². The summed E-state index contributed by atoms with van der Waals surface area (Å²) < 4.78 is 0. The number of anilines is 1. The molecule has 86 valence electrons. The van der Waals surface area contributed by atoms with Crippen molar-refractivity contribution in [3.63, 3.8) is 0 Å². The van der Waals surface area contributed by atoms with Crippen molar-refractivity contribution in [1.82, 2.24) is 15.4 Å². The maximum absolute atomic E-state index is 11.7. The van der Waals surface area contributed by atoms with Crippen LogP contribution in [-0.2, 0) is 0 Å². The topological polar surface area (TPSA) is 66.9 Å². The molecule has 1 amide bonds. The van der Waals surface area contributed by atoms with Crippen LogP contribution < -0.4 is 10.9 Å². The minimum Gasteiger partial charge on any atom is -0.267 e. The van der Waals surface area contributed by atoms with E-state index in [4.69, 9.17) is 11.6 Å². The number of benzene rings is 1. The largest absolute Gasteiger partial charge is 0.271 e. The second-order valence-electron chi connectivity index (χ2n) is 3.13. The van der Waals surface area contributed by atoms with E-state index in [2.05, 4.69) is 20.8 Å². The number of aromatic nitrogens is 2. The fourth-order valence-electron chi connectivity index (χ4n) is 1.19. The van der Waals surface area contributed by atoms with E-state index < -0.39 is 0 Å². The van der Waals surface area contributed by atoms with Gasteiger partial charge in [-0.05, 0) is 18.2 Å². The third-order valence-electron chi connectivity index (χ3n) is 1.97. The minimum atomic E-state index is -0.344. The summed E-state index contributed by atoms with van der Waals surface area (Å²) in [5.74, 6) is -0.0315. The van der Waals surface area contributed by atoms with Crippen molar-refractivity contribution in [3.8, 4) is 0 Å². The van der Waals surface area contributed by atoms with Crippen LogP contribution in [0, 0.1) is 0 Å². The predicted molar refractivity (Wildman–Crippen MR) is 64.6 cm³/mol. The molecule has 0 aliphatic rings. The number of carbonyl (C=O) groups is 1. The zero-order valence-electron chi connectivity index (χ0n) is 8.72. The molecular formula is C11H9ClN4O. The number of amides is 1. The smallest absolute Gasteiger partial charge is 0.267 e. The van der Waals surface area contributed by atoms with E-state index >= 15 is 0 Å². The summed E-state index contributed by atoms with van der Waals surface area (Å²) in [4.78, 5) is 19.5. The van der Waals surface area contributed by atoms with Crippen molar-refractivity contribution in [2.24, 2.45) is 0 Å². The molecule has 0 unspecified atom stereocenters. The number of nitrogens with one attached hydrogen (secondary N) is 2. The Morgan fingerprint density at radius 1 is 1.12 bits per heavy atom. The van der Waals surface area contributed by atoms with Gasteiger partial charge < -0.3 is 0 Å². The van der Waals surface area contributed by atoms with E-state index in [9.17, 15) is 4.79 Å². The molecule has 0 aliphatic carbocycles. The number of hydrogen-bond donors (Lipinski definition) is 2. The Bertz CT molecular complexity index is 518. The van der Waals surface area contributed by atoms with Gasteiger partial charge in [-0.1, -0.05) is 23.7 Å². The van der Waals surface area contributed by atoms with Gasteiger partial charge in [0.2, 0.25) is 5.95 Å². The number of rotatable bonds is 3. The lowest BCUT2D eigenvalue weighted by atomic mass is 10.2. The first-order valence-electron chi connectivity index (χ1n) is 4.85. The average Bonchev–Trinajstić information content (AvgIpc) is 2.38. The Balaban J connectivity index is 2.01. The molecule has 1 heterocycles. The van der Waals surface area contributed by atoms with Crippen LogP contribution in [0.2, 0.25) is 5.02 Å². The van der Waals surface area contributed by atoms with E-state index in [1.165, 1.54) is 0 Å². The third kappa shape index (κ3) is 2.92. The molecule has 5 nitrogen and oxygen atoms in total. The second-order valence-corrected chi connectivity index (χ2v) is 3.54. The van der Waals surface area contributed by atoms with Crippen molar-refractivity contribution < 1.29 is 4.79 Å². The van der Waals surface area contributed by atoms with Crippen LogP contribution >= 0.6 is 11.6 Å². The van der Waals surface area contributed by atoms with Crippen LogP contribution in [0.4, 0.5) is 5.95 Å². The second kappa shape index (κ2) is 5.27. The third-order valence-corrected chi connectivity index (χ3v) is 2.30. The first kappa shape index (κ1) is 11.3. The molecule has 2 N–H and O–H groups in total. The molecule has 0 radical (unpaired) electrons. The summed E-state index contributed by atoms with van der Waals surface area (Å²) in [6, 6.07) is 8.45. The SMILES string of the molecule is O=C(NNc1ncccn1)c1ccccc1Cl. The van der Waals surface area contributed by atoms with Crippen molar-refractivity contribution in [3.05, 3.63) is 53.3 Å². The maximum Gasteiger partial charge on any atom is 0.271 e. The number of hydrogen-bond acceptors (Lipinski definition) is 4. The van der Waals surface area contributed by atoms with Crippen LogP contribution in [0.15, 0.2) is 42.7 Å². The summed E-state index contributed by atoms with van der Waals surface area (Å²) in [6.45, 7) is 0. The first-order chi connectivity index (χ1) is 8.27. The van der Waals surface area contributed by atoms with Gasteiger partial charge in [-0.3, -0.25) is 15.6 Å². The Hall–Kier alpha value is -2.14. The molecule has 0 atom stereocenters. The number of carbonyl (C=O) groups excluding carboxylic acids is 1. The highest BCUT2D eigenvalue weighted by molar-refractivity contribution is 6.33. The summed E-state index contributed by atoms with van der Waals surface area (Å²) in [7, 11) is 0. The minimum absolute atomic E-state index is 0.313. The fraction of sp³-hybridized carbons (Fsp3) is 0. The monoisotopic (exact) mass is 248 g/mol. The van der Waals surface area contributed by atoms with E-state index in [-0.39, 0.29) is 5.91 Å². The average molecular weight is 249 g/mol. The summed E-state index contributed by atoms with van der Waals surface area (Å²) in [6.07, 6.45) is 3.13. The molecule has 2 aromatic rings. The molecule has 0 saturated heterocycles. The first-order valence-corrected chi connectivity index (χ1v) is 5.23. The van der Waals surface area contributed by atoms with Crippen LogP contribution in [0.25, 0.3) is 0 Å². The van der Waals surface area contributed by atoms with E-state index in [1.54, 1.807) is 42.7 Å². The Kier molecular flexibility index (Phi) is 3.52. The van der Waals surface area contributed by atoms with Gasteiger partial charge in [0.05, 0.1) is 10.6 Å². The van der Waals surface area contributed by atoms with Gasteiger partial charge >= 0.3 is 0 Å². The highest BCUT2D eigenvalue weighted by Crippen LogP contribution is 2.14. The van der Waals surface area contributed by atoms with Gasteiger partial charge in [-0.25, -0.2) is 9.97 Å². The highest BCUT2D eigenvalue weighted by Gasteiger charge is 2.08. The Labute approximate surface area is 103 Å². The molecule has 6 heteroatoms. The molecule has 0 bridgehead atoms. The fourth-order valence-corrected chi connectivity index (χ4v) is 1.41. The molecule has 1 aromatic carbocycles. The maximum atomic E-state index is 11.7. The van der Waals surface area contributed by atoms with Gasteiger partial charge in [0.15, 0.2) is 0 Å². The normalized spacial score (nSPS) is 9.71. The quantitative estimate of drug-likeness (QED) is 0.814. The summed E-state index contributed by atoms with van der Waals surface area (Å²) >= 11 is 5.88. The molecule has 0 fully saturated rings. The predicted octanol–water partition coefficient (Wildman–Crippen LogP) is 1.89. The zero-order chi connectivity index (χ0) is 12.1. The number of hydrazine groups is 1.